The van der Waals surface area contributed by atoms with Crippen LogP contribution in [0.1, 0.15) is 91.1 Å². The standard InChI is InChI=1S/C38H47N5O6/c1-21(2)28-19-24(35(44)40-27-10-12-39-13-11-27)8-9-30(28)43-31(34-32(48-3)6-5-7-33(34)49-4)20-29(42-43)36(45)41-38(37(46)47)25-15-22-14-23(17-25)18-26(38)16-22/h5-9,19-23,25-27,39H,10-18H2,1-4H3,(H,40,44)(H,41,45)(H,46,47). The number of benzene rings is 2. The molecule has 5 aliphatic rings. The largest absolute Gasteiger partial charge is 0.496 e. The van der Waals surface area contributed by atoms with Crippen molar-refractivity contribution in [1.82, 2.24) is 25.7 Å². The molecule has 49 heavy (non-hydrogen) atoms. The fraction of sp³-hybridized carbons (Fsp3) is 0.526. The third-order valence-electron chi connectivity index (χ3n) is 11.5. The van der Waals surface area contributed by atoms with E-state index in [2.05, 4.69) is 29.8 Å². The number of ether oxygens (including phenoxy) is 2. The number of rotatable bonds is 10. The van der Waals surface area contributed by atoms with Crippen molar-refractivity contribution in [2.75, 3.05) is 27.3 Å². The van der Waals surface area contributed by atoms with Crippen LogP contribution in [0.5, 0.6) is 11.5 Å². The van der Waals surface area contributed by atoms with E-state index in [1.165, 1.54) is 6.42 Å². The molecule has 4 saturated carbocycles. The molecule has 3 aromatic rings. The molecule has 2 aromatic carbocycles. The number of hydrogen-bond acceptors (Lipinski definition) is 7. The lowest BCUT2D eigenvalue weighted by atomic mass is 9.48. The van der Waals surface area contributed by atoms with Gasteiger partial charge in [0.15, 0.2) is 5.69 Å². The molecule has 260 valence electrons. The molecular formula is C38H47N5O6. The van der Waals surface area contributed by atoms with Gasteiger partial charge in [0.25, 0.3) is 11.8 Å². The van der Waals surface area contributed by atoms with E-state index in [1.54, 1.807) is 31.0 Å². The van der Waals surface area contributed by atoms with Crippen molar-refractivity contribution in [3.8, 4) is 28.4 Å². The van der Waals surface area contributed by atoms with Crippen LogP contribution in [0.15, 0.2) is 42.5 Å². The van der Waals surface area contributed by atoms with Gasteiger partial charge in [0, 0.05) is 11.6 Å². The van der Waals surface area contributed by atoms with E-state index >= 15 is 0 Å². The van der Waals surface area contributed by atoms with Crippen LogP contribution in [0.4, 0.5) is 0 Å². The number of methoxy groups -OCH3 is 2. The first kappa shape index (κ1) is 33.1. The number of carbonyl (C=O) groups excluding carboxylic acids is 2. The van der Waals surface area contributed by atoms with Crippen LogP contribution < -0.4 is 25.4 Å². The zero-order valence-electron chi connectivity index (χ0n) is 28.8. The number of hydrogen-bond donors (Lipinski definition) is 4. The summed E-state index contributed by atoms with van der Waals surface area (Å²) < 4.78 is 13.3. The maximum Gasteiger partial charge on any atom is 0.330 e. The lowest BCUT2D eigenvalue weighted by Gasteiger charge is -2.59. The molecule has 2 heterocycles. The van der Waals surface area contributed by atoms with Gasteiger partial charge in [0.05, 0.1) is 31.2 Å². The van der Waals surface area contributed by atoms with Gasteiger partial charge in [-0.15, -0.1) is 0 Å². The molecule has 1 aliphatic heterocycles. The van der Waals surface area contributed by atoms with Gasteiger partial charge >= 0.3 is 5.97 Å². The number of carbonyl (C=O) groups is 3. The highest BCUT2D eigenvalue weighted by Gasteiger charge is 2.62. The van der Waals surface area contributed by atoms with Crippen molar-refractivity contribution in [2.45, 2.75) is 76.3 Å². The third-order valence-corrected chi connectivity index (χ3v) is 11.5. The first-order chi connectivity index (χ1) is 23.6. The summed E-state index contributed by atoms with van der Waals surface area (Å²) in [4.78, 5) is 40.7. The Hall–Kier alpha value is -4.38. The fourth-order valence-electron chi connectivity index (χ4n) is 9.33. The monoisotopic (exact) mass is 669 g/mol. The molecule has 0 unspecified atom stereocenters. The summed E-state index contributed by atoms with van der Waals surface area (Å²) in [5, 5.41) is 25.2. The molecular weight excluding hydrogens is 622 g/mol. The summed E-state index contributed by atoms with van der Waals surface area (Å²) in [6.45, 7) is 5.86. The summed E-state index contributed by atoms with van der Waals surface area (Å²) in [7, 11) is 3.15. The molecule has 5 fully saturated rings. The highest BCUT2D eigenvalue weighted by Crippen LogP contribution is 2.58. The summed E-state index contributed by atoms with van der Waals surface area (Å²) in [5.41, 5.74) is 2.04. The van der Waals surface area contributed by atoms with Gasteiger partial charge in [-0.2, -0.15) is 5.10 Å². The van der Waals surface area contributed by atoms with Gasteiger partial charge in [-0.3, -0.25) is 9.59 Å². The molecule has 0 radical (unpaired) electrons. The number of piperidine rings is 1. The Morgan fingerprint density at radius 3 is 2.12 bits per heavy atom. The Labute approximate surface area is 287 Å². The predicted molar refractivity (Wildman–Crippen MR) is 184 cm³/mol. The lowest BCUT2D eigenvalue weighted by Crippen LogP contribution is -2.70. The van der Waals surface area contributed by atoms with Crippen LogP contribution in [0, 0.1) is 23.7 Å². The van der Waals surface area contributed by atoms with E-state index in [1.807, 2.05) is 30.3 Å². The minimum Gasteiger partial charge on any atom is -0.496 e. The van der Waals surface area contributed by atoms with Gasteiger partial charge in [-0.25, -0.2) is 9.48 Å². The molecule has 1 aromatic heterocycles. The van der Waals surface area contributed by atoms with E-state index in [0.29, 0.717) is 45.8 Å². The Morgan fingerprint density at radius 2 is 1.55 bits per heavy atom. The van der Waals surface area contributed by atoms with Crippen LogP contribution in [0.2, 0.25) is 0 Å². The van der Waals surface area contributed by atoms with E-state index in [-0.39, 0.29) is 35.4 Å². The number of carboxylic acid groups (broad SMARTS) is 1. The second-order valence-electron chi connectivity index (χ2n) is 14.7. The van der Waals surface area contributed by atoms with Crippen LogP contribution in [-0.4, -0.2) is 71.6 Å². The summed E-state index contributed by atoms with van der Waals surface area (Å²) in [6.07, 6.45) is 6.24. The maximum absolute atomic E-state index is 14.3. The van der Waals surface area contributed by atoms with Gasteiger partial charge in [-0.1, -0.05) is 19.9 Å². The summed E-state index contributed by atoms with van der Waals surface area (Å²) >= 11 is 0. The highest BCUT2D eigenvalue weighted by atomic mass is 16.5. The summed E-state index contributed by atoms with van der Waals surface area (Å²) in [6, 6.07) is 12.8. The summed E-state index contributed by atoms with van der Waals surface area (Å²) in [5.74, 6) is 0.327. The average Bonchev–Trinajstić information content (AvgIpc) is 3.54. The molecule has 1 saturated heterocycles. The lowest BCUT2D eigenvalue weighted by molar-refractivity contribution is -0.163. The average molecular weight is 670 g/mol. The normalized spacial score (nSPS) is 26.1. The first-order valence-corrected chi connectivity index (χ1v) is 17.7. The molecule has 8 rings (SSSR count). The number of nitrogens with zero attached hydrogens (tertiary/aromatic N) is 2. The number of aliphatic carboxylic acids is 1. The van der Waals surface area contributed by atoms with Crippen molar-refractivity contribution in [2.24, 2.45) is 23.7 Å². The number of amides is 2. The third kappa shape index (κ3) is 5.85. The quantitative estimate of drug-likeness (QED) is 0.232. The second kappa shape index (κ2) is 13.2. The van der Waals surface area contributed by atoms with Crippen molar-refractivity contribution in [3.63, 3.8) is 0 Å². The maximum atomic E-state index is 14.3. The van der Waals surface area contributed by atoms with Crippen molar-refractivity contribution in [3.05, 3.63) is 59.3 Å². The van der Waals surface area contributed by atoms with Crippen LogP contribution in [0.3, 0.4) is 0 Å². The van der Waals surface area contributed by atoms with E-state index in [4.69, 9.17) is 14.6 Å². The van der Waals surface area contributed by atoms with Gasteiger partial charge in [0.2, 0.25) is 0 Å². The second-order valence-corrected chi connectivity index (χ2v) is 14.7. The van der Waals surface area contributed by atoms with Gasteiger partial charge in [-0.05, 0) is 130 Å². The van der Waals surface area contributed by atoms with E-state index < -0.39 is 17.4 Å². The Morgan fingerprint density at radius 1 is 0.918 bits per heavy atom. The zero-order valence-corrected chi connectivity index (χ0v) is 28.8. The van der Waals surface area contributed by atoms with Crippen molar-refractivity contribution in [1.29, 1.82) is 0 Å². The van der Waals surface area contributed by atoms with Gasteiger partial charge < -0.3 is 30.5 Å². The Bertz CT molecular complexity index is 1710. The molecule has 0 atom stereocenters. The fourth-order valence-corrected chi connectivity index (χ4v) is 9.33. The first-order valence-electron chi connectivity index (χ1n) is 17.7. The van der Waals surface area contributed by atoms with Crippen molar-refractivity contribution >= 4 is 17.8 Å². The highest BCUT2D eigenvalue weighted by molar-refractivity contribution is 5.98. The minimum absolute atomic E-state index is 0.00107. The number of aromatic nitrogens is 2. The van der Waals surface area contributed by atoms with E-state index in [9.17, 15) is 19.5 Å². The predicted octanol–water partition coefficient (Wildman–Crippen LogP) is 5.17. The molecule has 11 nitrogen and oxygen atoms in total. The molecule has 2 amide bonds. The van der Waals surface area contributed by atoms with Gasteiger partial charge in [0.1, 0.15) is 17.0 Å². The molecule has 0 spiro atoms. The Balaban J connectivity index is 1.31. The van der Waals surface area contributed by atoms with Crippen molar-refractivity contribution < 1.29 is 29.0 Å². The molecule has 4 N–H and O–H groups in total. The van der Waals surface area contributed by atoms with E-state index in [0.717, 1.165) is 57.2 Å². The topological polar surface area (TPSA) is 144 Å². The zero-order chi connectivity index (χ0) is 34.4. The number of carboxylic acids is 1. The molecule has 11 heteroatoms. The Kier molecular flexibility index (Phi) is 8.89. The molecule has 4 aliphatic carbocycles. The SMILES string of the molecule is COc1cccc(OC)c1-c1cc(C(=O)NC2(C(=O)O)C3CC4CC(C3)CC2C4)nn1-c1ccc(C(=O)NC2CCNCC2)cc1C(C)C. The van der Waals surface area contributed by atoms with Crippen LogP contribution in [0.25, 0.3) is 16.9 Å². The molecule has 4 bridgehead atoms. The number of nitrogens with one attached hydrogen (secondary N) is 3. The minimum atomic E-state index is -1.32. The smallest absolute Gasteiger partial charge is 0.330 e. The van der Waals surface area contributed by atoms with Crippen LogP contribution in [-0.2, 0) is 4.79 Å². The van der Waals surface area contributed by atoms with Crippen LogP contribution >= 0.6 is 0 Å².